The normalized spacial score (nSPS) is 18.5. The van der Waals surface area contributed by atoms with Gasteiger partial charge in [0, 0.05) is 6.92 Å². The van der Waals surface area contributed by atoms with Crippen molar-refractivity contribution < 1.29 is 3.07 Å². The summed E-state index contributed by atoms with van der Waals surface area (Å²) in [6.07, 6.45) is 0. The zero-order valence-electron chi connectivity index (χ0n) is 3.18. The second kappa shape index (κ2) is 1.63. The number of hydrogen-bond acceptors (Lipinski definition) is 3. The van der Waals surface area contributed by atoms with Gasteiger partial charge in [-0.3, -0.25) is 0 Å². The second-order valence-electron chi connectivity index (χ2n) is 0.841. The van der Waals surface area contributed by atoms with Crippen molar-refractivity contribution >= 4 is 27.3 Å². The molecule has 1 rings (SSSR count). The molecule has 0 saturated carbocycles. The lowest BCUT2D eigenvalue weighted by Crippen LogP contribution is -1.80. The Morgan fingerprint density at radius 1 is 1.83 bits per heavy atom. The first-order valence-electron chi connectivity index (χ1n) is 1.45. The van der Waals surface area contributed by atoms with E-state index in [2.05, 4.69) is 8.36 Å². The van der Waals surface area contributed by atoms with Crippen LogP contribution in [-0.2, 0) is 3.07 Å². The maximum atomic E-state index is 4.85. The van der Waals surface area contributed by atoms with E-state index in [4.69, 9.17) is 3.07 Å². The summed E-state index contributed by atoms with van der Waals surface area (Å²) in [5, 5.41) is 3.60. The third-order valence-corrected chi connectivity index (χ3v) is 1.58. The van der Waals surface area contributed by atoms with Gasteiger partial charge in [0.15, 0.2) is 0 Å². The Balaban J connectivity index is 2.61. The molecular formula is C2H3IN2O. The molecule has 3 nitrogen and oxygen atoms in total. The van der Waals surface area contributed by atoms with Gasteiger partial charge < -0.3 is 3.07 Å². The van der Waals surface area contributed by atoms with Gasteiger partial charge in [-0.1, -0.05) is 3.25 Å². The van der Waals surface area contributed by atoms with Crippen LogP contribution < -0.4 is 0 Å². The monoisotopic (exact) mass is 198 g/mol. The molecular weight excluding hydrogens is 195 g/mol. The van der Waals surface area contributed by atoms with Gasteiger partial charge in [0.05, 0.1) is 0 Å². The summed E-state index contributed by atoms with van der Waals surface area (Å²) in [6, 6.07) is 0. The Bertz CT molecular complexity index is 108. The highest BCUT2D eigenvalue weighted by atomic mass is 127. The van der Waals surface area contributed by atoms with Crippen LogP contribution in [0.5, 0.6) is 0 Å². The lowest BCUT2D eigenvalue weighted by Gasteiger charge is -1.77. The van der Waals surface area contributed by atoms with E-state index in [1.807, 2.05) is 0 Å². The molecule has 1 heterocycles. The molecule has 0 bridgehead atoms. The van der Waals surface area contributed by atoms with E-state index >= 15 is 0 Å². The Morgan fingerprint density at radius 3 is 2.83 bits per heavy atom. The predicted octanol–water partition coefficient (Wildman–Crippen LogP) is 1.42. The van der Waals surface area contributed by atoms with E-state index in [1.54, 1.807) is 6.92 Å². The quantitative estimate of drug-likeness (QED) is 0.542. The molecule has 0 unspecified atom stereocenters. The molecule has 1 aliphatic heterocycles. The van der Waals surface area contributed by atoms with Gasteiger partial charge in [-0.25, -0.2) is 0 Å². The van der Waals surface area contributed by atoms with Crippen LogP contribution in [0.1, 0.15) is 6.92 Å². The van der Waals surface area contributed by atoms with Gasteiger partial charge >= 0.3 is 0 Å². The Morgan fingerprint density at radius 2 is 2.67 bits per heavy atom. The van der Waals surface area contributed by atoms with Crippen molar-refractivity contribution in [2.45, 2.75) is 6.92 Å². The van der Waals surface area contributed by atoms with Crippen LogP contribution in [0.15, 0.2) is 8.36 Å². The predicted molar refractivity (Wildman–Crippen MR) is 30.6 cm³/mol. The maximum absolute atomic E-state index is 4.85. The summed E-state index contributed by atoms with van der Waals surface area (Å²) < 4.78 is 8.49. The van der Waals surface area contributed by atoms with E-state index in [9.17, 15) is 0 Å². The summed E-state index contributed by atoms with van der Waals surface area (Å²) in [7, 11) is 0. The number of hydrogen-bond donors (Lipinski definition) is 0. The highest BCUT2D eigenvalue weighted by Gasteiger charge is 1.91. The average Bonchev–Trinajstić information content (AvgIpc) is 1.86. The largest absolute Gasteiger partial charge is 0.402 e. The fourth-order valence-corrected chi connectivity index (χ4v) is 1.00. The van der Waals surface area contributed by atoms with Crippen molar-refractivity contribution in [3.05, 3.63) is 0 Å². The Hall–Kier alpha value is -0.0000000000000000555. The van der Waals surface area contributed by atoms with Crippen molar-refractivity contribution in [1.82, 2.24) is 0 Å². The Labute approximate surface area is 46.1 Å². The number of halogens is 1. The van der Waals surface area contributed by atoms with Crippen LogP contribution in [-0.4, -0.2) is 5.90 Å². The van der Waals surface area contributed by atoms with Crippen LogP contribution in [0.25, 0.3) is 0 Å². The van der Waals surface area contributed by atoms with Crippen molar-refractivity contribution in [2.75, 3.05) is 0 Å². The van der Waals surface area contributed by atoms with Crippen molar-refractivity contribution in [1.29, 1.82) is 0 Å². The molecule has 6 heavy (non-hydrogen) atoms. The Kier molecular flexibility index (Phi) is 1.13. The van der Waals surface area contributed by atoms with Crippen LogP contribution in [0.4, 0.5) is 0 Å². The molecule has 0 spiro atoms. The molecule has 0 aliphatic carbocycles. The molecule has 0 aromatic rings. The van der Waals surface area contributed by atoms with Crippen LogP contribution in [0.2, 0.25) is 0 Å². The third kappa shape index (κ3) is 0.735. The first kappa shape index (κ1) is 4.17. The fraction of sp³-hybridized carbons (Fsp3) is 0.500. The average molecular weight is 198 g/mol. The number of rotatable bonds is 0. The van der Waals surface area contributed by atoms with Crippen molar-refractivity contribution in [3.63, 3.8) is 0 Å². The zero-order valence-corrected chi connectivity index (χ0v) is 5.34. The van der Waals surface area contributed by atoms with Crippen molar-refractivity contribution in [2.24, 2.45) is 8.36 Å². The van der Waals surface area contributed by atoms with Crippen LogP contribution in [0.3, 0.4) is 0 Å². The first-order valence-corrected chi connectivity index (χ1v) is 3.30. The number of nitrogens with zero attached hydrogens (tertiary/aromatic N) is 2. The second-order valence-corrected chi connectivity index (χ2v) is 2.11. The van der Waals surface area contributed by atoms with Crippen LogP contribution >= 0.6 is 21.4 Å². The van der Waals surface area contributed by atoms with E-state index in [0.29, 0.717) is 5.90 Å². The minimum Gasteiger partial charge on any atom is -0.402 e. The summed E-state index contributed by atoms with van der Waals surface area (Å²) >= 11 is -0.377. The summed E-state index contributed by atoms with van der Waals surface area (Å²) in [5.41, 5.74) is 0. The lowest BCUT2D eigenvalue weighted by molar-refractivity contribution is 0.715. The molecule has 0 aromatic carbocycles. The summed E-state index contributed by atoms with van der Waals surface area (Å²) in [5.74, 6) is 0.711. The molecule has 0 amide bonds. The van der Waals surface area contributed by atoms with Crippen LogP contribution in [0, 0.1) is 0 Å². The first-order chi connectivity index (χ1) is 2.89. The topological polar surface area (TPSA) is 34.0 Å². The molecule has 0 aromatic heterocycles. The van der Waals surface area contributed by atoms with E-state index in [-0.39, 0.29) is 21.4 Å². The van der Waals surface area contributed by atoms with E-state index < -0.39 is 0 Å². The summed E-state index contributed by atoms with van der Waals surface area (Å²) in [6.45, 7) is 1.80. The SMILES string of the molecule is CC1=NN=IO1. The van der Waals surface area contributed by atoms with E-state index in [0.717, 1.165) is 0 Å². The smallest absolute Gasteiger partial charge is 0.260 e. The van der Waals surface area contributed by atoms with Gasteiger partial charge in [0.1, 0.15) is 0 Å². The van der Waals surface area contributed by atoms with Crippen molar-refractivity contribution in [3.8, 4) is 0 Å². The molecule has 0 saturated heterocycles. The summed E-state index contributed by atoms with van der Waals surface area (Å²) in [4.78, 5) is 0. The maximum Gasteiger partial charge on any atom is 0.260 e. The highest BCUT2D eigenvalue weighted by molar-refractivity contribution is 14.1. The zero-order chi connectivity index (χ0) is 4.41. The van der Waals surface area contributed by atoms with Gasteiger partial charge in [0.25, 0.3) is 21.4 Å². The standard InChI is InChI=1S/C2H3IN2O/c1-2-4-5-3-6-2/h1H3. The molecule has 34 valence electrons. The van der Waals surface area contributed by atoms with Gasteiger partial charge in [-0.15, -0.1) is 5.10 Å². The molecule has 0 radical (unpaired) electrons. The van der Waals surface area contributed by atoms with E-state index in [1.165, 1.54) is 0 Å². The fourth-order valence-electron chi connectivity index (χ4n) is 0.149. The molecule has 4 heteroatoms. The highest BCUT2D eigenvalue weighted by Crippen LogP contribution is 2.10. The molecule has 0 atom stereocenters. The third-order valence-electron chi connectivity index (χ3n) is 0.356. The lowest BCUT2D eigenvalue weighted by atomic mass is 10.8. The van der Waals surface area contributed by atoms with Gasteiger partial charge in [0.2, 0.25) is 5.90 Å². The van der Waals surface area contributed by atoms with Gasteiger partial charge in [-0.05, 0) is 0 Å². The molecule has 0 N–H and O–H groups in total. The van der Waals surface area contributed by atoms with Gasteiger partial charge in [-0.2, -0.15) is 0 Å². The minimum atomic E-state index is -0.377. The molecule has 0 fully saturated rings. The minimum absolute atomic E-state index is 0.377. The molecule has 1 aliphatic rings.